The first kappa shape index (κ1) is 95.0. The lowest BCUT2D eigenvalue weighted by atomic mass is 10.0. The zero-order valence-electron chi connectivity index (χ0n) is 62.7. The van der Waals surface area contributed by atoms with Crippen LogP contribution in [0.25, 0.3) is 0 Å². The first-order valence-electron chi connectivity index (χ1n) is 39.9. The molecule has 0 aromatic rings. The Kier molecular flexibility index (Phi) is 70.2. The molecule has 19 heteroatoms. The Morgan fingerprint density at radius 3 is 0.796 bits per heavy atom. The van der Waals surface area contributed by atoms with E-state index in [-0.39, 0.29) is 25.7 Å². The highest BCUT2D eigenvalue weighted by atomic mass is 31.2. The first-order chi connectivity index (χ1) is 47.7. The SMILES string of the molecule is CCCCC/C=C\C/C=C\CCCCCCCC(=O)O[C@H](COC(=O)CCCCCCCCC/C=C\CCCCCC)COP(=O)(O)OC[C@@H](O)COP(=O)(O)OC[C@@H](COC(=O)CCCCCCCCCCCCCCC)OC(=O)CCCCCCCCC/C=C\CCCCCC. The predicted octanol–water partition coefficient (Wildman–Crippen LogP) is 22.9. The smallest absolute Gasteiger partial charge is 0.462 e. The van der Waals surface area contributed by atoms with Gasteiger partial charge in [-0.15, -0.1) is 0 Å². The standard InChI is InChI=1S/C79H146O17P2/c1-5-9-13-17-21-25-29-33-36-40-44-48-52-56-60-64-77(82)90-70-75(96-79(84)66-62-58-54-50-46-42-38-35-31-27-23-19-15-11-7-3)72-94-98(87,88)92-68-73(80)67-91-97(85,86)93-71-74(69-89-76(81)63-59-55-51-47-43-39-32-28-24-20-16-12-8-4)95-78(83)65-61-57-53-49-45-41-37-34-30-26-22-18-14-10-6-2/h23,25-27,29-30,35,38,73-75,80H,5-22,24,28,31-34,36-37,39-72H2,1-4H3,(H,85,86)(H,87,88)/b27-23-,29-25-,30-26-,38-35-/t73-,74+,75+/m0/s1. The molecule has 0 aliphatic heterocycles. The number of carbonyl (C=O) groups excluding carboxylic acids is 4. The average molecular weight is 1430 g/mol. The summed E-state index contributed by atoms with van der Waals surface area (Å²) in [4.78, 5) is 72.9. The van der Waals surface area contributed by atoms with Crippen molar-refractivity contribution in [2.75, 3.05) is 39.6 Å². The Hall–Kier alpha value is -2.98. The van der Waals surface area contributed by atoms with Crippen molar-refractivity contribution in [1.29, 1.82) is 0 Å². The summed E-state index contributed by atoms with van der Waals surface area (Å²) < 4.78 is 68.6. The van der Waals surface area contributed by atoms with Gasteiger partial charge in [0.1, 0.15) is 19.3 Å². The van der Waals surface area contributed by atoms with Gasteiger partial charge in [0, 0.05) is 25.7 Å². The van der Waals surface area contributed by atoms with Gasteiger partial charge in [-0.25, -0.2) is 9.13 Å². The molecule has 0 spiro atoms. The van der Waals surface area contributed by atoms with E-state index in [9.17, 15) is 43.2 Å². The van der Waals surface area contributed by atoms with E-state index in [2.05, 4.69) is 76.3 Å². The van der Waals surface area contributed by atoms with E-state index >= 15 is 0 Å². The Bertz CT molecular complexity index is 2050. The number of aliphatic hydroxyl groups excluding tert-OH is 1. The van der Waals surface area contributed by atoms with Gasteiger partial charge < -0.3 is 33.8 Å². The topological polar surface area (TPSA) is 237 Å². The Balaban J connectivity index is 5.33. The largest absolute Gasteiger partial charge is 0.472 e. The first-order valence-corrected chi connectivity index (χ1v) is 42.9. The number of hydrogen-bond acceptors (Lipinski definition) is 15. The summed E-state index contributed by atoms with van der Waals surface area (Å²) in [7, 11) is -9.94. The van der Waals surface area contributed by atoms with Crippen LogP contribution in [0.15, 0.2) is 48.6 Å². The fourth-order valence-electron chi connectivity index (χ4n) is 11.1. The highest BCUT2D eigenvalue weighted by Gasteiger charge is 2.30. The van der Waals surface area contributed by atoms with Gasteiger partial charge in [-0.2, -0.15) is 0 Å². The van der Waals surface area contributed by atoms with E-state index in [1.165, 1.54) is 141 Å². The zero-order chi connectivity index (χ0) is 71.8. The van der Waals surface area contributed by atoms with Crippen molar-refractivity contribution < 1.29 is 80.2 Å². The summed E-state index contributed by atoms with van der Waals surface area (Å²) in [5.74, 6) is -2.16. The number of esters is 4. The molecule has 98 heavy (non-hydrogen) atoms. The number of carbonyl (C=O) groups is 4. The van der Waals surface area contributed by atoms with Crippen molar-refractivity contribution in [3.8, 4) is 0 Å². The fourth-order valence-corrected chi connectivity index (χ4v) is 12.7. The third-order valence-corrected chi connectivity index (χ3v) is 19.2. The van der Waals surface area contributed by atoms with Crippen molar-refractivity contribution in [3.63, 3.8) is 0 Å². The van der Waals surface area contributed by atoms with Crippen LogP contribution in [0.3, 0.4) is 0 Å². The van der Waals surface area contributed by atoms with E-state index in [0.717, 1.165) is 154 Å². The molecular formula is C79H146O17P2. The minimum absolute atomic E-state index is 0.0832. The number of allylic oxidation sites excluding steroid dienone is 8. The average Bonchev–Trinajstić information content (AvgIpc) is 1.04. The number of phosphoric ester groups is 2. The number of hydrogen-bond donors (Lipinski definition) is 3. The maximum absolute atomic E-state index is 13.1. The lowest BCUT2D eigenvalue weighted by Crippen LogP contribution is -2.30. The van der Waals surface area contributed by atoms with Gasteiger partial charge in [0.05, 0.1) is 26.4 Å². The number of aliphatic hydroxyl groups is 1. The quantitative estimate of drug-likeness (QED) is 0.0169. The normalized spacial score (nSPS) is 14.2. The van der Waals surface area contributed by atoms with Crippen LogP contribution in [0.2, 0.25) is 0 Å². The molecule has 0 heterocycles. The van der Waals surface area contributed by atoms with Gasteiger partial charge >= 0.3 is 39.5 Å². The molecule has 0 aromatic heterocycles. The van der Waals surface area contributed by atoms with Crippen molar-refractivity contribution in [3.05, 3.63) is 48.6 Å². The summed E-state index contributed by atoms with van der Waals surface area (Å²) in [6.45, 7) is 4.88. The summed E-state index contributed by atoms with van der Waals surface area (Å²) in [6, 6.07) is 0. The highest BCUT2D eigenvalue weighted by molar-refractivity contribution is 7.47. The van der Waals surface area contributed by atoms with Crippen LogP contribution >= 0.6 is 15.6 Å². The number of phosphoric acid groups is 2. The molecule has 0 aliphatic carbocycles. The van der Waals surface area contributed by atoms with Gasteiger partial charge in [-0.05, 0) is 109 Å². The molecule has 0 rings (SSSR count). The number of unbranched alkanes of at least 4 members (excludes halogenated alkanes) is 42. The summed E-state index contributed by atoms with van der Waals surface area (Å²) in [6.07, 6.45) is 69.4. The van der Waals surface area contributed by atoms with Crippen LogP contribution < -0.4 is 0 Å². The molecule has 0 saturated heterocycles. The molecule has 0 saturated carbocycles. The third kappa shape index (κ3) is 71.4. The highest BCUT2D eigenvalue weighted by Crippen LogP contribution is 2.45. The molecular weight excluding hydrogens is 1280 g/mol. The predicted molar refractivity (Wildman–Crippen MR) is 400 cm³/mol. The van der Waals surface area contributed by atoms with Crippen LogP contribution in [0.4, 0.5) is 0 Å². The van der Waals surface area contributed by atoms with Crippen molar-refractivity contribution in [2.45, 2.75) is 393 Å². The maximum atomic E-state index is 13.1. The van der Waals surface area contributed by atoms with Crippen molar-refractivity contribution >= 4 is 39.5 Å². The van der Waals surface area contributed by atoms with Crippen LogP contribution in [0.1, 0.15) is 374 Å². The van der Waals surface area contributed by atoms with Gasteiger partial charge in [0.2, 0.25) is 0 Å². The van der Waals surface area contributed by atoms with Crippen LogP contribution in [0, 0.1) is 0 Å². The lowest BCUT2D eigenvalue weighted by Gasteiger charge is -2.21. The van der Waals surface area contributed by atoms with Gasteiger partial charge in [0.25, 0.3) is 0 Å². The molecule has 0 amide bonds. The molecule has 2 unspecified atom stereocenters. The maximum Gasteiger partial charge on any atom is 0.472 e. The zero-order valence-corrected chi connectivity index (χ0v) is 64.5. The van der Waals surface area contributed by atoms with Crippen molar-refractivity contribution in [2.24, 2.45) is 0 Å². The second kappa shape index (κ2) is 72.4. The van der Waals surface area contributed by atoms with E-state index in [1.807, 2.05) is 0 Å². The van der Waals surface area contributed by atoms with Crippen LogP contribution in [-0.2, 0) is 65.4 Å². The van der Waals surface area contributed by atoms with E-state index in [0.29, 0.717) is 25.7 Å². The molecule has 0 radical (unpaired) electrons. The number of rotatable bonds is 76. The molecule has 3 N–H and O–H groups in total. The van der Waals surface area contributed by atoms with Gasteiger partial charge in [-0.3, -0.25) is 37.3 Å². The third-order valence-electron chi connectivity index (χ3n) is 17.3. The Labute approximate surface area is 597 Å². The fraction of sp³-hybridized carbons (Fsp3) is 0.848. The van der Waals surface area contributed by atoms with E-state index < -0.39 is 97.5 Å². The van der Waals surface area contributed by atoms with Crippen LogP contribution in [-0.4, -0.2) is 96.7 Å². The van der Waals surface area contributed by atoms with Gasteiger partial charge in [-0.1, -0.05) is 288 Å². The van der Waals surface area contributed by atoms with Crippen LogP contribution in [0.5, 0.6) is 0 Å². The summed E-state index contributed by atoms with van der Waals surface area (Å²) in [5.41, 5.74) is 0. The second-order valence-electron chi connectivity index (χ2n) is 27.0. The summed E-state index contributed by atoms with van der Waals surface area (Å²) in [5, 5.41) is 10.6. The molecule has 574 valence electrons. The minimum Gasteiger partial charge on any atom is -0.462 e. The summed E-state index contributed by atoms with van der Waals surface area (Å²) >= 11 is 0. The Morgan fingerprint density at radius 1 is 0.286 bits per heavy atom. The van der Waals surface area contributed by atoms with Gasteiger partial charge in [0.15, 0.2) is 12.2 Å². The van der Waals surface area contributed by atoms with E-state index in [4.69, 9.17) is 37.0 Å². The second-order valence-corrected chi connectivity index (χ2v) is 29.9. The molecule has 0 fully saturated rings. The molecule has 0 bridgehead atoms. The monoisotopic (exact) mass is 1430 g/mol. The molecule has 0 aliphatic rings. The number of ether oxygens (including phenoxy) is 4. The van der Waals surface area contributed by atoms with Crippen molar-refractivity contribution in [1.82, 2.24) is 0 Å². The Morgan fingerprint density at radius 2 is 0.500 bits per heavy atom. The molecule has 5 atom stereocenters. The molecule has 17 nitrogen and oxygen atoms in total. The van der Waals surface area contributed by atoms with E-state index in [1.54, 1.807) is 0 Å². The minimum atomic E-state index is -4.97. The molecule has 0 aromatic carbocycles. The lowest BCUT2D eigenvalue weighted by molar-refractivity contribution is -0.161.